The van der Waals surface area contributed by atoms with E-state index in [2.05, 4.69) is 5.32 Å². The number of hydrogen-bond donors (Lipinski definition) is 2. The molecule has 0 bridgehead atoms. The number of carbonyl (C=O) groups is 2. The number of rotatable bonds is 8. The molecule has 7 nitrogen and oxygen atoms in total. The summed E-state index contributed by atoms with van der Waals surface area (Å²) in [6.45, 7) is 0.856. The van der Waals surface area contributed by atoms with E-state index in [0.29, 0.717) is 11.6 Å². The highest BCUT2D eigenvalue weighted by Crippen LogP contribution is 2.30. The molecule has 134 valence electrons. The Kier molecular flexibility index (Phi) is 5.23. The molecule has 1 amide bonds. The van der Waals surface area contributed by atoms with Crippen molar-refractivity contribution in [3.05, 3.63) is 35.5 Å². The summed E-state index contributed by atoms with van der Waals surface area (Å²) in [6, 6.07) is 7.25. The summed E-state index contributed by atoms with van der Waals surface area (Å²) in [5.74, 6) is 0.572. The molecule has 0 saturated heterocycles. The Morgan fingerprint density at radius 2 is 2.04 bits per heavy atom. The van der Waals surface area contributed by atoms with Crippen molar-refractivity contribution in [2.45, 2.75) is 12.8 Å². The first-order valence-electron chi connectivity index (χ1n) is 8.34. The van der Waals surface area contributed by atoms with Gasteiger partial charge in [0.25, 0.3) is 5.91 Å². The molecule has 25 heavy (non-hydrogen) atoms. The molecule has 0 spiro atoms. The predicted octanol–water partition coefficient (Wildman–Crippen LogP) is 1.15. The number of carbonyl (C=O) groups excluding carboxylic acids is 2. The quantitative estimate of drug-likeness (QED) is 0.687. The number of amides is 1. The van der Waals surface area contributed by atoms with Crippen molar-refractivity contribution in [1.29, 1.82) is 0 Å². The molecule has 1 fully saturated rings. The summed E-state index contributed by atoms with van der Waals surface area (Å²) in [5, 5.41) is 12.1. The van der Waals surface area contributed by atoms with Crippen molar-refractivity contribution in [3.63, 3.8) is 0 Å². The number of esters is 1. The highest BCUT2D eigenvalue weighted by molar-refractivity contribution is 6.08. The van der Waals surface area contributed by atoms with E-state index in [9.17, 15) is 9.59 Å². The van der Waals surface area contributed by atoms with Crippen LogP contribution < -0.4 is 10.1 Å². The van der Waals surface area contributed by atoms with Crippen molar-refractivity contribution in [1.82, 2.24) is 4.90 Å². The van der Waals surface area contributed by atoms with Crippen molar-refractivity contribution < 1.29 is 24.2 Å². The van der Waals surface area contributed by atoms with Crippen LogP contribution in [0.15, 0.2) is 35.5 Å². The molecule has 1 saturated carbocycles. The molecule has 1 aliphatic carbocycles. The zero-order chi connectivity index (χ0) is 17.8. The molecule has 1 aromatic carbocycles. The maximum atomic E-state index is 12.4. The minimum absolute atomic E-state index is 0.122. The van der Waals surface area contributed by atoms with Crippen LogP contribution in [0.3, 0.4) is 0 Å². The normalized spacial score (nSPS) is 17.0. The van der Waals surface area contributed by atoms with Gasteiger partial charge in [-0.3, -0.25) is 4.79 Å². The van der Waals surface area contributed by atoms with Crippen LogP contribution in [-0.2, 0) is 14.3 Å². The molecule has 0 radical (unpaired) electrons. The second-order valence-electron chi connectivity index (χ2n) is 6.20. The fraction of sp³-hybridized carbons (Fsp3) is 0.444. The number of nitrogens with one attached hydrogen (secondary N) is 1. The molecule has 1 heterocycles. The average Bonchev–Trinajstić information content (AvgIpc) is 3.41. The van der Waals surface area contributed by atoms with Crippen LogP contribution in [-0.4, -0.2) is 55.3 Å². The number of anilines is 1. The van der Waals surface area contributed by atoms with E-state index in [-0.39, 0.29) is 36.9 Å². The standard InChI is InChI=1S/C18H22N2O5/c1-24-18(23)15-10-20(8-9-21)17(22)16(15)19-13-4-6-14(7-5-13)25-11-12-2-3-12/h4-7,12,19,21H,2-3,8-11H2,1H3. The lowest BCUT2D eigenvalue weighted by Crippen LogP contribution is -2.31. The lowest BCUT2D eigenvalue weighted by atomic mass is 10.2. The summed E-state index contributed by atoms with van der Waals surface area (Å²) >= 11 is 0. The molecule has 7 heteroatoms. The Morgan fingerprint density at radius 3 is 2.64 bits per heavy atom. The molecule has 0 unspecified atom stereocenters. The van der Waals surface area contributed by atoms with Gasteiger partial charge in [0.1, 0.15) is 11.4 Å². The van der Waals surface area contributed by atoms with Crippen LogP contribution in [0.1, 0.15) is 12.8 Å². The van der Waals surface area contributed by atoms with E-state index in [1.807, 2.05) is 12.1 Å². The highest BCUT2D eigenvalue weighted by Gasteiger charge is 2.34. The second kappa shape index (κ2) is 7.57. The monoisotopic (exact) mass is 346 g/mol. The maximum absolute atomic E-state index is 12.4. The Bertz CT molecular complexity index is 679. The summed E-state index contributed by atoms with van der Waals surface area (Å²) in [4.78, 5) is 25.8. The number of ether oxygens (including phenoxy) is 2. The number of aliphatic hydroxyl groups excluding tert-OH is 1. The third-order valence-corrected chi connectivity index (χ3v) is 4.26. The van der Waals surface area contributed by atoms with Gasteiger partial charge in [0.05, 0.1) is 32.4 Å². The molecule has 1 aliphatic heterocycles. The number of benzene rings is 1. The Hall–Kier alpha value is -2.54. The zero-order valence-corrected chi connectivity index (χ0v) is 14.2. The first kappa shape index (κ1) is 17.3. The molecule has 1 aromatic rings. The van der Waals surface area contributed by atoms with Gasteiger partial charge in [0.15, 0.2) is 0 Å². The molecular weight excluding hydrogens is 324 g/mol. The first-order chi connectivity index (χ1) is 12.1. The third kappa shape index (κ3) is 4.11. The number of β-amino-alcohol motifs (C(OH)–C–C–N with tert-alkyl or cyclic N) is 1. The van der Waals surface area contributed by atoms with Gasteiger partial charge in [0.2, 0.25) is 0 Å². The predicted molar refractivity (Wildman–Crippen MR) is 91.0 cm³/mol. The van der Waals surface area contributed by atoms with Gasteiger partial charge < -0.3 is 24.8 Å². The summed E-state index contributed by atoms with van der Waals surface area (Å²) in [6.07, 6.45) is 2.47. The molecular formula is C18H22N2O5. The van der Waals surface area contributed by atoms with Crippen molar-refractivity contribution >= 4 is 17.6 Å². The maximum Gasteiger partial charge on any atom is 0.337 e. The number of aliphatic hydroxyl groups is 1. The van der Waals surface area contributed by atoms with Crippen LogP contribution in [0.25, 0.3) is 0 Å². The molecule has 3 rings (SSSR count). The minimum atomic E-state index is -0.555. The minimum Gasteiger partial charge on any atom is -0.493 e. The summed E-state index contributed by atoms with van der Waals surface area (Å²) < 4.78 is 10.4. The van der Waals surface area contributed by atoms with Gasteiger partial charge in [-0.1, -0.05) is 0 Å². The van der Waals surface area contributed by atoms with Crippen molar-refractivity contribution in [3.8, 4) is 5.75 Å². The largest absolute Gasteiger partial charge is 0.493 e. The van der Waals surface area contributed by atoms with Gasteiger partial charge in [0, 0.05) is 12.2 Å². The Balaban J connectivity index is 1.71. The van der Waals surface area contributed by atoms with Crippen molar-refractivity contribution in [2.24, 2.45) is 5.92 Å². The number of methoxy groups -OCH3 is 1. The molecule has 2 aliphatic rings. The van der Waals surface area contributed by atoms with E-state index in [1.165, 1.54) is 24.9 Å². The smallest absolute Gasteiger partial charge is 0.337 e. The van der Waals surface area contributed by atoms with E-state index >= 15 is 0 Å². The van der Waals surface area contributed by atoms with Crippen LogP contribution in [0, 0.1) is 5.92 Å². The highest BCUT2D eigenvalue weighted by atomic mass is 16.5. The SMILES string of the molecule is COC(=O)C1=C(Nc2ccc(OCC3CC3)cc2)C(=O)N(CCO)C1. The van der Waals surface area contributed by atoms with Crippen LogP contribution >= 0.6 is 0 Å². The van der Waals surface area contributed by atoms with E-state index < -0.39 is 5.97 Å². The molecule has 2 N–H and O–H groups in total. The van der Waals surface area contributed by atoms with Gasteiger partial charge in [-0.05, 0) is 43.0 Å². The zero-order valence-electron chi connectivity index (χ0n) is 14.2. The summed E-state index contributed by atoms with van der Waals surface area (Å²) in [7, 11) is 1.28. The molecule has 0 aromatic heterocycles. The van der Waals surface area contributed by atoms with E-state index in [4.69, 9.17) is 14.6 Å². The van der Waals surface area contributed by atoms with Crippen molar-refractivity contribution in [2.75, 3.05) is 38.7 Å². The summed E-state index contributed by atoms with van der Waals surface area (Å²) in [5.41, 5.74) is 1.12. The van der Waals surface area contributed by atoms with Gasteiger partial charge in [-0.2, -0.15) is 0 Å². The fourth-order valence-corrected chi connectivity index (χ4v) is 2.63. The first-order valence-corrected chi connectivity index (χ1v) is 8.34. The van der Waals surface area contributed by atoms with E-state index in [1.54, 1.807) is 12.1 Å². The lowest BCUT2D eigenvalue weighted by Gasteiger charge is -2.15. The fourth-order valence-electron chi connectivity index (χ4n) is 2.63. The lowest BCUT2D eigenvalue weighted by molar-refractivity contribution is -0.136. The van der Waals surface area contributed by atoms with Gasteiger partial charge >= 0.3 is 5.97 Å². The third-order valence-electron chi connectivity index (χ3n) is 4.26. The number of nitrogens with zero attached hydrogens (tertiary/aromatic N) is 1. The average molecular weight is 346 g/mol. The Labute approximate surface area is 146 Å². The van der Waals surface area contributed by atoms with Crippen LogP contribution in [0.4, 0.5) is 5.69 Å². The topological polar surface area (TPSA) is 88.1 Å². The van der Waals surface area contributed by atoms with Gasteiger partial charge in [-0.15, -0.1) is 0 Å². The van der Waals surface area contributed by atoms with Crippen LogP contribution in [0.5, 0.6) is 5.75 Å². The van der Waals surface area contributed by atoms with Crippen LogP contribution in [0.2, 0.25) is 0 Å². The van der Waals surface area contributed by atoms with E-state index in [0.717, 1.165) is 12.4 Å². The Morgan fingerprint density at radius 1 is 1.32 bits per heavy atom. The number of hydrogen-bond acceptors (Lipinski definition) is 6. The second-order valence-corrected chi connectivity index (χ2v) is 6.20. The van der Waals surface area contributed by atoms with Gasteiger partial charge in [-0.25, -0.2) is 4.79 Å². The molecule has 0 atom stereocenters.